The van der Waals surface area contributed by atoms with E-state index in [-0.39, 0.29) is 18.0 Å². The lowest BCUT2D eigenvalue weighted by Gasteiger charge is -2.12. The average Bonchev–Trinajstić information content (AvgIpc) is 2.79. The summed E-state index contributed by atoms with van der Waals surface area (Å²) < 4.78 is 19.1. The molecule has 0 bridgehead atoms. The molecule has 0 spiro atoms. The largest absolute Gasteiger partial charge is 0.488 e. The summed E-state index contributed by atoms with van der Waals surface area (Å²) in [4.78, 5) is 11.4. The maximum absolute atomic E-state index is 13.1. The number of carboxylic acids is 1. The molecule has 31 heavy (non-hydrogen) atoms. The Hall–Kier alpha value is -4.19. The first-order valence-corrected chi connectivity index (χ1v) is 9.62. The molecule has 0 atom stereocenters. The number of carboxylic acid groups (broad SMARTS) is 1. The summed E-state index contributed by atoms with van der Waals surface area (Å²) in [5.41, 5.74) is 4.91. The van der Waals surface area contributed by atoms with Gasteiger partial charge in [-0.2, -0.15) is 5.10 Å². The Labute approximate surface area is 178 Å². The van der Waals surface area contributed by atoms with Crippen molar-refractivity contribution in [3.8, 4) is 5.75 Å². The van der Waals surface area contributed by atoms with Crippen LogP contribution in [0.4, 0.5) is 10.1 Å². The second-order valence-corrected chi connectivity index (χ2v) is 6.83. The third-order valence-electron chi connectivity index (χ3n) is 4.77. The molecule has 154 valence electrons. The SMILES string of the molecule is O=C(O)c1ccccc1NN=Cc1c(OCc2ccc(F)cc2)ccc2ccccc12. The number of benzene rings is 4. The molecule has 0 radical (unpaired) electrons. The van der Waals surface area contributed by atoms with E-state index in [0.717, 1.165) is 21.9 Å². The summed E-state index contributed by atoms with van der Waals surface area (Å²) in [5, 5.41) is 15.6. The summed E-state index contributed by atoms with van der Waals surface area (Å²) in [5.74, 6) is -0.720. The van der Waals surface area contributed by atoms with E-state index in [4.69, 9.17) is 4.74 Å². The second kappa shape index (κ2) is 9.09. The smallest absolute Gasteiger partial charge is 0.337 e. The number of hydrazone groups is 1. The van der Waals surface area contributed by atoms with E-state index in [0.29, 0.717) is 11.4 Å². The number of para-hydroxylation sites is 1. The third-order valence-corrected chi connectivity index (χ3v) is 4.77. The fraction of sp³-hybridized carbons (Fsp3) is 0.0400. The van der Waals surface area contributed by atoms with E-state index in [1.54, 1.807) is 36.5 Å². The van der Waals surface area contributed by atoms with Crippen molar-refractivity contribution < 1.29 is 19.0 Å². The van der Waals surface area contributed by atoms with Gasteiger partial charge in [-0.25, -0.2) is 9.18 Å². The van der Waals surface area contributed by atoms with Crippen molar-refractivity contribution in [3.63, 3.8) is 0 Å². The van der Waals surface area contributed by atoms with E-state index in [1.165, 1.54) is 18.2 Å². The van der Waals surface area contributed by atoms with E-state index in [9.17, 15) is 14.3 Å². The zero-order valence-electron chi connectivity index (χ0n) is 16.5. The Morgan fingerprint density at radius 3 is 2.52 bits per heavy atom. The summed E-state index contributed by atoms with van der Waals surface area (Å²) in [6.07, 6.45) is 1.61. The van der Waals surface area contributed by atoms with Crippen LogP contribution in [-0.4, -0.2) is 17.3 Å². The number of ether oxygens (including phenoxy) is 1. The van der Waals surface area contributed by atoms with Crippen LogP contribution in [0.3, 0.4) is 0 Å². The Bertz CT molecular complexity index is 1250. The predicted molar refractivity (Wildman–Crippen MR) is 119 cm³/mol. The molecule has 0 saturated heterocycles. The molecule has 6 heteroatoms. The number of nitrogens with one attached hydrogen (secondary N) is 1. The predicted octanol–water partition coefficient (Wildman–Crippen LogP) is 5.70. The molecule has 0 amide bonds. The number of halogens is 1. The Morgan fingerprint density at radius 1 is 0.968 bits per heavy atom. The first-order valence-electron chi connectivity index (χ1n) is 9.62. The zero-order chi connectivity index (χ0) is 21.6. The van der Waals surface area contributed by atoms with Gasteiger partial charge in [0.15, 0.2) is 0 Å². The van der Waals surface area contributed by atoms with Gasteiger partial charge >= 0.3 is 5.97 Å². The standard InChI is InChI=1S/C25H19FN2O3/c26-19-12-9-17(10-13-19)16-31-24-14-11-18-5-1-2-6-20(18)22(24)15-27-28-23-8-4-3-7-21(23)25(29)30/h1-15,28H,16H2,(H,29,30). The number of hydrogen-bond donors (Lipinski definition) is 2. The van der Waals surface area contributed by atoms with Crippen LogP contribution in [0.15, 0.2) is 90.0 Å². The van der Waals surface area contributed by atoms with Crippen LogP contribution < -0.4 is 10.2 Å². The maximum atomic E-state index is 13.1. The molecule has 4 aromatic rings. The maximum Gasteiger partial charge on any atom is 0.337 e. The van der Waals surface area contributed by atoms with Crippen molar-refractivity contribution in [3.05, 3.63) is 107 Å². The van der Waals surface area contributed by atoms with Crippen molar-refractivity contribution in [2.45, 2.75) is 6.61 Å². The van der Waals surface area contributed by atoms with Gasteiger partial charge in [-0.3, -0.25) is 5.43 Å². The molecule has 0 aliphatic heterocycles. The molecule has 0 heterocycles. The molecule has 0 aliphatic carbocycles. The quantitative estimate of drug-likeness (QED) is 0.301. The van der Waals surface area contributed by atoms with Gasteiger partial charge < -0.3 is 9.84 Å². The van der Waals surface area contributed by atoms with Gasteiger partial charge in [0.25, 0.3) is 0 Å². The summed E-state index contributed by atoms with van der Waals surface area (Å²) in [6, 6.07) is 24.3. The van der Waals surface area contributed by atoms with Gasteiger partial charge in [-0.1, -0.05) is 54.6 Å². The van der Waals surface area contributed by atoms with Crippen molar-refractivity contribution in [2.24, 2.45) is 5.10 Å². The van der Waals surface area contributed by atoms with Crippen molar-refractivity contribution in [1.82, 2.24) is 0 Å². The summed E-state index contributed by atoms with van der Waals surface area (Å²) in [7, 11) is 0. The number of fused-ring (bicyclic) bond motifs is 1. The lowest BCUT2D eigenvalue weighted by atomic mass is 10.0. The Kier molecular flexibility index (Phi) is 5.89. The summed E-state index contributed by atoms with van der Waals surface area (Å²) >= 11 is 0. The minimum Gasteiger partial charge on any atom is -0.488 e. The van der Waals surface area contributed by atoms with Gasteiger partial charge in [0.2, 0.25) is 0 Å². The zero-order valence-corrected chi connectivity index (χ0v) is 16.5. The van der Waals surface area contributed by atoms with Crippen LogP contribution in [-0.2, 0) is 6.61 Å². The number of carbonyl (C=O) groups is 1. The van der Waals surface area contributed by atoms with Gasteiger partial charge in [-0.05, 0) is 46.7 Å². The molecule has 0 aliphatic rings. The number of anilines is 1. The first kappa shape index (κ1) is 20.1. The monoisotopic (exact) mass is 414 g/mol. The van der Waals surface area contributed by atoms with Crippen molar-refractivity contribution in [2.75, 3.05) is 5.43 Å². The van der Waals surface area contributed by atoms with Crippen molar-refractivity contribution >= 4 is 28.6 Å². The highest BCUT2D eigenvalue weighted by Crippen LogP contribution is 2.27. The van der Waals surface area contributed by atoms with Gasteiger partial charge in [-0.15, -0.1) is 0 Å². The van der Waals surface area contributed by atoms with Crippen molar-refractivity contribution in [1.29, 1.82) is 0 Å². The molecule has 0 fully saturated rings. The molecule has 5 nitrogen and oxygen atoms in total. The van der Waals surface area contributed by atoms with Crippen LogP contribution in [0, 0.1) is 5.82 Å². The molecule has 0 aromatic heterocycles. The minimum atomic E-state index is -1.04. The Balaban J connectivity index is 1.63. The minimum absolute atomic E-state index is 0.130. The fourth-order valence-electron chi connectivity index (χ4n) is 3.21. The summed E-state index contributed by atoms with van der Waals surface area (Å²) in [6.45, 7) is 0.273. The average molecular weight is 414 g/mol. The molecular formula is C25H19FN2O3. The lowest BCUT2D eigenvalue weighted by molar-refractivity contribution is 0.0698. The Morgan fingerprint density at radius 2 is 1.71 bits per heavy atom. The van der Waals surface area contributed by atoms with E-state index < -0.39 is 5.97 Å². The molecular weight excluding hydrogens is 395 g/mol. The molecule has 0 unspecified atom stereocenters. The number of rotatable bonds is 7. The first-order chi connectivity index (χ1) is 15.1. The fourth-order valence-corrected chi connectivity index (χ4v) is 3.21. The van der Waals surface area contributed by atoms with Crippen LogP contribution in [0.25, 0.3) is 10.8 Å². The third kappa shape index (κ3) is 4.70. The van der Waals surface area contributed by atoms with Crippen LogP contribution in [0.5, 0.6) is 5.75 Å². The molecule has 2 N–H and O–H groups in total. The normalized spacial score (nSPS) is 11.0. The molecule has 0 saturated carbocycles. The van der Waals surface area contributed by atoms with E-state index in [1.807, 2.05) is 36.4 Å². The number of nitrogens with zero attached hydrogens (tertiary/aromatic N) is 1. The van der Waals surface area contributed by atoms with Gasteiger partial charge in [0.1, 0.15) is 18.2 Å². The highest BCUT2D eigenvalue weighted by Gasteiger charge is 2.10. The molecule has 4 aromatic carbocycles. The topological polar surface area (TPSA) is 70.9 Å². The van der Waals surface area contributed by atoms with Crippen LogP contribution in [0.1, 0.15) is 21.5 Å². The number of aromatic carboxylic acids is 1. The van der Waals surface area contributed by atoms with E-state index >= 15 is 0 Å². The van der Waals surface area contributed by atoms with Gasteiger partial charge in [0, 0.05) is 5.56 Å². The second-order valence-electron chi connectivity index (χ2n) is 6.83. The van der Waals surface area contributed by atoms with Crippen LogP contribution >= 0.6 is 0 Å². The lowest BCUT2D eigenvalue weighted by Crippen LogP contribution is -2.03. The molecule has 4 rings (SSSR count). The van der Waals surface area contributed by atoms with Gasteiger partial charge in [0.05, 0.1) is 17.5 Å². The van der Waals surface area contributed by atoms with Crippen LogP contribution in [0.2, 0.25) is 0 Å². The highest BCUT2D eigenvalue weighted by molar-refractivity contribution is 6.03. The highest BCUT2D eigenvalue weighted by atomic mass is 19.1. The number of hydrogen-bond acceptors (Lipinski definition) is 4. The van der Waals surface area contributed by atoms with E-state index in [2.05, 4.69) is 10.5 Å².